The summed E-state index contributed by atoms with van der Waals surface area (Å²) in [6.07, 6.45) is 0. The SMILES string of the molecule is CC(=O)Nc1ccc(NC(=O)c2ccc3c(c2)C(=O)c2ccccc2-3)cc1. The summed E-state index contributed by atoms with van der Waals surface area (Å²) < 4.78 is 0. The summed E-state index contributed by atoms with van der Waals surface area (Å²) >= 11 is 0. The summed E-state index contributed by atoms with van der Waals surface area (Å²) in [5.41, 5.74) is 4.64. The fourth-order valence-corrected chi connectivity index (χ4v) is 3.21. The van der Waals surface area contributed by atoms with Gasteiger partial charge in [0.2, 0.25) is 5.91 Å². The molecule has 2 amide bonds. The molecule has 132 valence electrons. The van der Waals surface area contributed by atoms with Gasteiger partial charge in [-0.2, -0.15) is 0 Å². The maximum absolute atomic E-state index is 12.6. The number of ketones is 1. The molecule has 0 saturated carbocycles. The predicted molar refractivity (Wildman–Crippen MR) is 104 cm³/mol. The van der Waals surface area contributed by atoms with Crippen molar-refractivity contribution < 1.29 is 14.4 Å². The van der Waals surface area contributed by atoms with Crippen molar-refractivity contribution in [1.29, 1.82) is 0 Å². The third kappa shape index (κ3) is 3.11. The fraction of sp³-hybridized carbons (Fsp3) is 0.0455. The molecule has 0 heterocycles. The molecule has 1 aliphatic rings. The summed E-state index contributed by atoms with van der Waals surface area (Å²) in [4.78, 5) is 36.2. The van der Waals surface area contributed by atoms with Crippen molar-refractivity contribution in [3.8, 4) is 11.1 Å². The summed E-state index contributed by atoms with van der Waals surface area (Å²) in [5, 5.41) is 5.47. The highest BCUT2D eigenvalue weighted by atomic mass is 16.2. The normalized spacial score (nSPS) is 11.5. The van der Waals surface area contributed by atoms with Crippen molar-refractivity contribution in [2.24, 2.45) is 0 Å². The van der Waals surface area contributed by atoms with E-state index in [9.17, 15) is 14.4 Å². The lowest BCUT2D eigenvalue weighted by Gasteiger charge is -2.08. The zero-order valence-corrected chi connectivity index (χ0v) is 14.6. The first-order valence-corrected chi connectivity index (χ1v) is 8.50. The zero-order chi connectivity index (χ0) is 19.0. The minimum atomic E-state index is -0.297. The lowest BCUT2D eigenvalue weighted by atomic mass is 10.0. The summed E-state index contributed by atoms with van der Waals surface area (Å²) in [6.45, 7) is 1.43. The van der Waals surface area contributed by atoms with Gasteiger partial charge in [-0.3, -0.25) is 14.4 Å². The number of carbonyl (C=O) groups is 3. The Hall–Kier alpha value is -3.73. The first kappa shape index (κ1) is 16.7. The lowest BCUT2D eigenvalue weighted by molar-refractivity contribution is -0.114. The van der Waals surface area contributed by atoms with Gasteiger partial charge in [-0.15, -0.1) is 0 Å². The van der Waals surface area contributed by atoms with Gasteiger partial charge in [-0.25, -0.2) is 0 Å². The molecule has 0 aromatic heterocycles. The topological polar surface area (TPSA) is 75.3 Å². The number of hydrogen-bond acceptors (Lipinski definition) is 3. The molecule has 27 heavy (non-hydrogen) atoms. The molecule has 0 unspecified atom stereocenters. The smallest absolute Gasteiger partial charge is 0.255 e. The number of anilines is 2. The standard InChI is InChI=1S/C22H16N2O3/c1-13(25)23-15-7-9-16(10-8-15)24-22(27)14-6-11-18-17-4-2-3-5-19(17)21(26)20(18)12-14/h2-12H,1H3,(H,23,25)(H,24,27). The average Bonchev–Trinajstić information content (AvgIpc) is 2.95. The van der Waals surface area contributed by atoms with E-state index in [0.717, 1.165) is 11.1 Å². The molecule has 0 aliphatic heterocycles. The molecule has 2 N–H and O–H groups in total. The first-order chi connectivity index (χ1) is 13.0. The first-order valence-electron chi connectivity index (χ1n) is 8.50. The number of hydrogen-bond donors (Lipinski definition) is 2. The van der Waals surface area contributed by atoms with Gasteiger partial charge >= 0.3 is 0 Å². The van der Waals surface area contributed by atoms with Gasteiger partial charge in [0.25, 0.3) is 5.91 Å². The van der Waals surface area contributed by atoms with Crippen molar-refractivity contribution in [3.05, 3.63) is 83.4 Å². The third-order valence-electron chi connectivity index (χ3n) is 4.45. The lowest BCUT2D eigenvalue weighted by Crippen LogP contribution is -2.13. The molecule has 0 atom stereocenters. The second-order valence-electron chi connectivity index (χ2n) is 6.35. The number of nitrogens with one attached hydrogen (secondary N) is 2. The van der Waals surface area contributed by atoms with E-state index in [0.29, 0.717) is 28.1 Å². The van der Waals surface area contributed by atoms with E-state index in [-0.39, 0.29) is 17.6 Å². The molecule has 0 spiro atoms. The van der Waals surface area contributed by atoms with Crippen LogP contribution in [0.5, 0.6) is 0 Å². The van der Waals surface area contributed by atoms with Crippen LogP contribution in [0.25, 0.3) is 11.1 Å². The predicted octanol–water partition coefficient (Wildman–Crippen LogP) is 4.11. The molecule has 5 heteroatoms. The number of carbonyl (C=O) groups excluding carboxylic acids is 3. The van der Waals surface area contributed by atoms with Crippen LogP contribution >= 0.6 is 0 Å². The molecule has 0 bridgehead atoms. The molecular weight excluding hydrogens is 340 g/mol. The van der Waals surface area contributed by atoms with Crippen LogP contribution in [0.15, 0.2) is 66.7 Å². The zero-order valence-electron chi connectivity index (χ0n) is 14.6. The summed E-state index contributed by atoms with van der Waals surface area (Å²) in [6, 6.07) is 19.4. The van der Waals surface area contributed by atoms with Crippen molar-refractivity contribution >= 4 is 29.0 Å². The monoisotopic (exact) mass is 356 g/mol. The minimum absolute atomic E-state index is 0.0603. The van der Waals surface area contributed by atoms with Crippen LogP contribution in [0, 0.1) is 0 Å². The molecule has 3 aromatic rings. The number of benzene rings is 3. The summed E-state index contributed by atoms with van der Waals surface area (Å²) in [5.74, 6) is -0.515. The maximum Gasteiger partial charge on any atom is 0.255 e. The molecule has 0 saturated heterocycles. The number of fused-ring (bicyclic) bond motifs is 3. The molecule has 1 aliphatic carbocycles. The van der Waals surface area contributed by atoms with Crippen molar-refractivity contribution in [2.45, 2.75) is 6.92 Å². The molecule has 0 fully saturated rings. The Morgan fingerprint density at radius 1 is 0.704 bits per heavy atom. The average molecular weight is 356 g/mol. The van der Waals surface area contributed by atoms with Gasteiger partial charge in [0.15, 0.2) is 5.78 Å². The minimum Gasteiger partial charge on any atom is -0.326 e. The van der Waals surface area contributed by atoms with Crippen LogP contribution < -0.4 is 10.6 Å². The largest absolute Gasteiger partial charge is 0.326 e. The van der Waals surface area contributed by atoms with E-state index in [4.69, 9.17) is 0 Å². The molecule has 4 rings (SSSR count). The Morgan fingerprint density at radius 3 is 1.96 bits per heavy atom. The maximum atomic E-state index is 12.6. The van der Waals surface area contributed by atoms with Gasteiger partial charge < -0.3 is 10.6 Å². The quantitative estimate of drug-likeness (QED) is 0.580. The van der Waals surface area contributed by atoms with Crippen LogP contribution in [0.1, 0.15) is 33.2 Å². The van der Waals surface area contributed by atoms with Gasteiger partial charge in [0, 0.05) is 35.0 Å². The Morgan fingerprint density at radius 2 is 1.30 bits per heavy atom. The van der Waals surface area contributed by atoms with Crippen molar-refractivity contribution in [2.75, 3.05) is 10.6 Å². The van der Waals surface area contributed by atoms with Crippen LogP contribution in [-0.4, -0.2) is 17.6 Å². The van der Waals surface area contributed by atoms with Crippen LogP contribution in [0.3, 0.4) is 0 Å². The van der Waals surface area contributed by atoms with Gasteiger partial charge in [0.1, 0.15) is 0 Å². The second kappa shape index (κ2) is 6.53. The van der Waals surface area contributed by atoms with E-state index in [1.165, 1.54) is 6.92 Å². The molecule has 5 nitrogen and oxygen atoms in total. The van der Waals surface area contributed by atoms with Crippen LogP contribution in [0.2, 0.25) is 0 Å². The Balaban J connectivity index is 1.56. The number of amides is 2. The third-order valence-corrected chi connectivity index (χ3v) is 4.45. The molecular formula is C22H16N2O3. The highest BCUT2D eigenvalue weighted by Gasteiger charge is 2.27. The van der Waals surface area contributed by atoms with E-state index in [1.54, 1.807) is 42.5 Å². The van der Waals surface area contributed by atoms with E-state index in [2.05, 4.69) is 10.6 Å². The highest BCUT2D eigenvalue weighted by Crippen LogP contribution is 2.36. The van der Waals surface area contributed by atoms with Crippen molar-refractivity contribution in [1.82, 2.24) is 0 Å². The van der Waals surface area contributed by atoms with Crippen molar-refractivity contribution in [3.63, 3.8) is 0 Å². The van der Waals surface area contributed by atoms with E-state index >= 15 is 0 Å². The van der Waals surface area contributed by atoms with Gasteiger partial charge in [-0.1, -0.05) is 30.3 Å². The van der Waals surface area contributed by atoms with Crippen LogP contribution in [-0.2, 0) is 4.79 Å². The Bertz CT molecular complexity index is 1080. The van der Waals surface area contributed by atoms with E-state index < -0.39 is 0 Å². The molecule has 0 radical (unpaired) electrons. The van der Waals surface area contributed by atoms with Gasteiger partial charge in [0.05, 0.1) is 0 Å². The van der Waals surface area contributed by atoms with E-state index in [1.807, 2.05) is 24.3 Å². The Labute approximate surface area is 156 Å². The van der Waals surface area contributed by atoms with Gasteiger partial charge in [-0.05, 0) is 47.5 Å². The Kier molecular flexibility index (Phi) is 4.05. The fourth-order valence-electron chi connectivity index (χ4n) is 3.21. The summed E-state index contributed by atoms with van der Waals surface area (Å²) in [7, 11) is 0. The van der Waals surface area contributed by atoms with Crippen LogP contribution in [0.4, 0.5) is 11.4 Å². The molecule has 3 aromatic carbocycles. The highest BCUT2D eigenvalue weighted by molar-refractivity contribution is 6.22. The number of rotatable bonds is 3. The second-order valence-corrected chi connectivity index (χ2v) is 6.35.